The topological polar surface area (TPSA) is 100 Å². The number of carbonyl (C=O) groups is 2. The van der Waals surface area contributed by atoms with Crippen molar-refractivity contribution in [2.45, 2.75) is 32.2 Å². The summed E-state index contributed by atoms with van der Waals surface area (Å²) in [6, 6.07) is 13.6. The number of urea groups is 1. The number of hydrogen-bond donors (Lipinski definition) is 2. The first-order valence-corrected chi connectivity index (χ1v) is 10.2. The van der Waals surface area contributed by atoms with Gasteiger partial charge in [0.15, 0.2) is 0 Å². The van der Waals surface area contributed by atoms with Crippen LogP contribution in [0.3, 0.4) is 0 Å². The van der Waals surface area contributed by atoms with Crippen LogP contribution in [0.4, 0.5) is 10.5 Å². The number of anilines is 1. The van der Waals surface area contributed by atoms with E-state index in [0.717, 1.165) is 49.9 Å². The zero-order valence-electron chi connectivity index (χ0n) is 17.5. The Bertz CT molecular complexity index is 971. The van der Waals surface area contributed by atoms with E-state index < -0.39 is 5.97 Å². The fourth-order valence-electron chi connectivity index (χ4n) is 3.60. The van der Waals surface area contributed by atoms with Crippen LogP contribution in [0.2, 0.25) is 0 Å². The van der Waals surface area contributed by atoms with Gasteiger partial charge in [0.05, 0.1) is 6.54 Å². The highest BCUT2D eigenvalue weighted by Crippen LogP contribution is 2.26. The summed E-state index contributed by atoms with van der Waals surface area (Å²) in [6.45, 7) is 3.29. The number of pyridine rings is 1. The molecule has 162 valence electrons. The number of aliphatic carboxylic acids is 1. The maximum absolute atomic E-state index is 12.6. The normalized spacial score (nSPS) is 15.5. The minimum absolute atomic E-state index is 0.0451. The average molecular weight is 422 g/mol. The molecule has 1 atom stereocenters. The maximum atomic E-state index is 12.6. The van der Waals surface area contributed by atoms with Crippen LogP contribution in [0.5, 0.6) is 0 Å². The third-order valence-electron chi connectivity index (χ3n) is 4.92. The molecule has 8 nitrogen and oxygen atoms in total. The average Bonchev–Trinajstić information content (AvgIpc) is 3.23. The number of carboxylic acids is 1. The van der Waals surface area contributed by atoms with Crippen LogP contribution in [0.1, 0.15) is 37.1 Å². The molecule has 0 spiro atoms. The van der Waals surface area contributed by atoms with Gasteiger partial charge in [-0.2, -0.15) is 0 Å². The number of hydrogen-bond acceptors (Lipinski definition) is 4. The molecule has 2 N–H and O–H groups in total. The molecule has 1 unspecified atom stereocenters. The second kappa shape index (κ2) is 10.9. The van der Waals surface area contributed by atoms with Gasteiger partial charge in [-0.15, -0.1) is 0 Å². The molecule has 0 radical (unpaired) electrons. The summed E-state index contributed by atoms with van der Waals surface area (Å²) in [5.41, 5.74) is 1.97. The molecule has 0 saturated carbocycles. The van der Waals surface area contributed by atoms with Gasteiger partial charge < -0.3 is 19.9 Å². The number of carboxylic acid groups (broad SMARTS) is 1. The third kappa shape index (κ3) is 6.67. The van der Waals surface area contributed by atoms with E-state index in [4.69, 9.17) is 9.90 Å². The first-order valence-electron chi connectivity index (χ1n) is 10.2. The molecule has 4 rings (SSSR count). The van der Waals surface area contributed by atoms with Gasteiger partial charge in [-0.1, -0.05) is 24.3 Å². The highest BCUT2D eigenvalue weighted by Gasteiger charge is 2.27. The number of imidazole rings is 1. The first-order chi connectivity index (χ1) is 15.0. The summed E-state index contributed by atoms with van der Waals surface area (Å²) in [5.74, 6) is 0.447. The van der Waals surface area contributed by atoms with Crippen LogP contribution in [0.15, 0.2) is 67.3 Å². The number of rotatable bonds is 4. The van der Waals surface area contributed by atoms with Gasteiger partial charge in [0.1, 0.15) is 5.82 Å². The zero-order valence-corrected chi connectivity index (χ0v) is 17.5. The molecule has 2 aromatic heterocycles. The fourth-order valence-corrected chi connectivity index (χ4v) is 3.60. The maximum Gasteiger partial charge on any atom is 0.321 e. The molecule has 1 saturated heterocycles. The van der Waals surface area contributed by atoms with Crippen molar-refractivity contribution >= 4 is 17.7 Å². The number of aromatic nitrogens is 3. The van der Waals surface area contributed by atoms with Crippen molar-refractivity contribution in [3.8, 4) is 0 Å². The van der Waals surface area contributed by atoms with E-state index in [1.54, 1.807) is 6.20 Å². The van der Waals surface area contributed by atoms with Crippen molar-refractivity contribution in [3.05, 3.63) is 78.6 Å². The summed E-state index contributed by atoms with van der Waals surface area (Å²) in [5, 5.41) is 10.4. The Morgan fingerprint density at radius 3 is 2.65 bits per heavy atom. The minimum atomic E-state index is -0.833. The smallest absolute Gasteiger partial charge is 0.321 e. The number of carbonyl (C=O) groups excluding carboxylic acids is 1. The van der Waals surface area contributed by atoms with Gasteiger partial charge in [-0.3, -0.25) is 9.78 Å². The SMILES string of the molecule is CC(=O)O.O=C(Nc1ccccc1)N1CCCC(c2nccn2Cc2cccnc2)C1. The van der Waals surface area contributed by atoms with Crippen molar-refractivity contribution in [1.82, 2.24) is 19.4 Å². The Balaban J connectivity index is 0.000000628. The van der Waals surface area contributed by atoms with E-state index >= 15 is 0 Å². The molecule has 8 heteroatoms. The van der Waals surface area contributed by atoms with Crippen LogP contribution >= 0.6 is 0 Å². The molecular formula is C23H27N5O3. The molecular weight excluding hydrogens is 394 g/mol. The van der Waals surface area contributed by atoms with Crippen LogP contribution in [0.25, 0.3) is 0 Å². The summed E-state index contributed by atoms with van der Waals surface area (Å²) in [4.78, 5) is 32.3. The number of para-hydroxylation sites is 1. The van der Waals surface area contributed by atoms with Gasteiger partial charge in [0, 0.05) is 56.4 Å². The van der Waals surface area contributed by atoms with E-state index in [1.807, 2.05) is 59.9 Å². The first kappa shape index (κ1) is 22.0. The molecule has 1 aliphatic heterocycles. The van der Waals surface area contributed by atoms with Crippen LogP contribution in [0, 0.1) is 0 Å². The Morgan fingerprint density at radius 1 is 1.16 bits per heavy atom. The van der Waals surface area contributed by atoms with Gasteiger partial charge in [-0.25, -0.2) is 9.78 Å². The quantitative estimate of drug-likeness (QED) is 0.667. The third-order valence-corrected chi connectivity index (χ3v) is 4.92. The Hall–Kier alpha value is -3.68. The van der Waals surface area contributed by atoms with Gasteiger partial charge in [0.25, 0.3) is 5.97 Å². The van der Waals surface area contributed by atoms with E-state index in [0.29, 0.717) is 6.54 Å². The number of likely N-dealkylation sites (tertiary alicyclic amines) is 1. The number of benzene rings is 1. The highest BCUT2D eigenvalue weighted by molar-refractivity contribution is 5.89. The van der Waals surface area contributed by atoms with Crippen LogP contribution in [-0.2, 0) is 11.3 Å². The van der Waals surface area contributed by atoms with Crippen molar-refractivity contribution in [2.24, 2.45) is 0 Å². The molecule has 1 fully saturated rings. The Labute approximate surface area is 181 Å². The van der Waals surface area contributed by atoms with Gasteiger partial charge in [-0.05, 0) is 36.6 Å². The fraction of sp³-hybridized carbons (Fsp3) is 0.304. The summed E-state index contributed by atoms with van der Waals surface area (Å²) in [6.07, 6.45) is 9.53. The molecule has 0 aliphatic carbocycles. The van der Waals surface area contributed by atoms with Crippen molar-refractivity contribution in [1.29, 1.82) is 0 Å². The number of nitrogens with zero attached hydrogens (tertiary/aromatic N) is 4. The lowest BCUT2D eigenvalue weighted by atomic mass is 9.97. The minimum Gasteiger partial charge on any atom is -0.481 e. The summed E-state index contributed by atoms with van der Waals surface area (Å²) >= 11 is 0. The molecule has 3 heterocycles. The summed E-state index contributed by atoms with van der Waals surface area (Å²) < 4.78 is 2.17. The van der Waals surface area contributed by atoms with Gasteiger partial charge in [0.2, 0.25) is 0 Å². The monoisotopic (exact) mass is 421 g/mol. The largest absolute Gasteiger partial charge is 0.481 e. The van der Waals surface area contributed by atoms with E-state index in [-0.39, 0.29) is 11.9 Å². The summed E-state index contributed by atoms with van der Waals surface area (Å²) in [7, 11) is 0. The predicted molar refractivity (Wildman–Crippen MR) is 118 cm³/mol. The van der Waals surface area contributed by atoms with E-state index in [9.17, 15) is 4.79 Å². The number of piperidine rings is 1. The van der Waals surface area contributed by atoms with Crippen molar-refractivity contribution in [2.75, 3.05) is 18.4 Å². The highest BCUT2D eigenvalue weighted by atomic mass is 16.4. The molecule has 2 amide bonds. The molecule has 3 aromatic rings. The van der Waals surface area contributed by atoms with Crippen molar-refractivity contribution in [3.63, 3.8) is 0 Å². The van der Waals surface area contributed by atoms with Gasteiger partial charge >= 0.3 is 6.03 Å². The van der Waals surface area contributed by atoms with Crippen LogP contribution in [-0.4, -0.2) is 49.6 Å². The Kier molecular flexibility index (Phi) is 7.75. The lowest BCUT2D eigenvalue weighted by molar-refractivity contribution is -0.134. The molecule has 1 aromatic carbocycles. The number of nitrogens with one attached hydrogen (secondary N) is 1. The molecule has 0 bridgehead atoms. The van der Waals surface area contributed by atoms with E-state index in [2.05, 4.69) is 25.9 Å². The van der Waals surface area contributed by atoms with Crippen LogP contribution < -0.4 is 5.32 Å². The van der Waals surface area contributed by atoms with E-state index in [1.165, 1.54) is 0 Å². The molecule has 1 aliphatic rings. The second-order valence-electron chi connectivity index (χ2n) is 7.37. The molecule has 31 heavy (non-hydrogen) atoms. The standard InChI is InChI=1S/C21H23N5O.C2H4O2/c27-21(24-19-8-2-1-3-9-19)26-12-5-7-18(16-26)20-23-11-13-25(20)15-17-6-4-10-22-14-17;1-2(3)4/h1-4,6,8-11,13-14,18H,5,7,12,15-16H2,(H,24,27);1H3,(H,3,4). The number of amides is 2. The van der Waals surface area contributed by atoms with Crippen molar-refractivity contribution < 1.29 is 14.7 Å². The lowest BCUT2D eigenvalue weighted by Gasteiger charge is -2.32. The second-order valence-corrected chi connectivity index (χ2v) is 7.37. The lowest BCUT2D eigenvalue weighted by Crippen LogP contribution is -2.42. The zero-order chi connectivity index (χ0) is 22.1. The Morgan fingerprint density at radius 2 is 1.94 bits per heavy atom. The predicted octanol–water partition coefficient (Wildman–Crippen LogP) is 3.83.